The molecule has 3 aromatic rings. The molecule has 0 unspecified atom stereocenters. The second-order valence-corrected chi connectivity index (χ2v) is 7.87. The van der Waals surface area contributed by atoms with E-state index in [2.05, 4.69) is 39.1 Å². The third kappa shape index (κ3) is 4.12. The number of morpholine rings is 1. The Morgan fingerprint density at radius 1 is 1.27 bits per heavy atom. The summed E-state index contributed by atoms with van der Waals surface area (Å²) in [5.74, 6) is 0.864. The molecule has 1 aliphatic heterocycles. The van der Waals surface area contributed by atoms with E-state index in [0.717, 1.165) is 26.3 Å². The van der Waals surface area contributed by atoms with Crippen LogP contribution in [0.1, 0.15) is 29.9 Å². The fraction of sp³-hybridized carbons (Fsp3) is 0.429. The van der Waals surface area contributed by atoms with Crippen molar-refractivity contribution in [3.8, 4) is 17.4 Å². The van der Waals surface area contributed by atoms with Crippen LogP contribution >= 0.6 is 0 Å². The van der Waals surface area contributed by atoms with Gasteiger partial charge in [0, 0.05) is 31.4 Å². The van der Waals surface area contributed by atoms with Crippen LogP contribution in [0.25, 0.3) is 17.4 Å². The van der Waals surface area contributed by atoms with Gasteiger partial charge in [-0.2, -0.15) is 5.10 Å². The summed E-state index contributed by atoms with van der Waals surface area (Å²) in [7, 11) is 0. The average Bonchev–Trinajstić information content (AvgIpc) is 3.43. The van der Waals surface area contributed by atoms with Gasteiger partial charge in [0.1, 0.15) is 5.69 Å². The van der Waals surface area contributed by atoms with Crippen molar-refractivity contribution in [1.29, 1.82) is 0 Å². The normalized spacial score (nSPS) is 15.3. The fourth-order valence-electron chi connectivity index (χ4n) is 3.52. The van der Waals surface area contributed by atoms with E-state index < -0.39 is 0 Å². The van der Waals surface area contributed by atoms with Crippen LogP contribution in [0.4, 0.5) is 0 Å². The summed E-state index contributed by atoms with van der Waals surface area (Å²) < 4.78 is 12.4. The smallest absolute Gasteiger partial charge is 0.254 e. The first-order valence-corrected chi connectivity index (χ1v) is 9.98. The molecule has 1 N–H and O–H groups in total. The number of hydrogen-bond acceptors (Lipinski definition) is 7. The fourth-order valence-corrected chi connectivity index (χ4v) is 3.52. The molecule has 0 bridgehead atoms. The Morgan fingerprint density at radius 3 is 2.80 bits per heavy atom. The zero-order chi connectivity index (χ0) is 21.1. The minimum Gasteiger partial charge on any atom is -0.463 e. The standard InChI is InChI=1S/C21H26N6O3/c1-15-16(19(28)23-14-21(2,3)26-8-11-29-12-9-26)13-24-27(15)20-22-7-6-17(25-20)18-5-4-10-30-18/h4-7,10,13H,8-9,11-12,14H2,1-3H3,(H,23,28). The Hall–Kier alpha value is -3.04. The summed E-state index contributed by atoms with van der Waals surface area (Å²) in [6.07, 6.45) is 4.79. The number of ether oxygens (including phenoxy) is 1. The zero-order valence-corrected chi connectivity index (χ0v) is 17.5. The minimum atomic E-state index is -0.165. The minimum absolute atomic E-state index is 0.163. The van der Waals surface area contributed by atoms with Gasteiger partial charge in [-0.15, -0.1) is 0 Å². The number of rotatable bonds is 6. The molecule has 0 radical (unpaired) electrons. The third-order valence-corrected chi connectivity index (χ3v) is 5.41. The van der Waals surface area contributed by atoms with Crippen molar-refractivity contribution in [3.63, 3.8) is 0 Å². The first kappa shape index (κ1) is 20.2. The summed E-state index contributed by atoms with van der Waals surface area (Å²) in [4.78, 5) is 24.0. The van der Waals surface area contributed by atoms with E-state index in [1.807, 2.05) is 13.0 Å². The van der Waals surface area contributed by atoms with Gasteiger partial charge >= 0.3 is 0 Å². The van der Waals surface area contributed by atoms with Gasteiger partial charge in [-0.3, -0.25) is 9.69 Å². The predicted molar refractivity (Wildman–Crippen MR) is 110 cm³/mol. The molecule has 0 atom stereocenters. The monoisotopic (exact) mass is 410 g/mol. The number of nitrogens with one attached hydrogen (secondary N) is 1. The van der Waals surface area contributed by atoms with Gasteiger partial charge in [-0.1, -0.05) is 0 Å². The highest BCUT2D eigenvalue weighted by Crippen LogP contribution is 2.19. The summed E-state index contributed by atoms with van der Waals surface area (Å²) >= 11 is 0. The average molecular weight is 410 g/mol. The van der Waals surface area contributed by atoms with E-state index in [9.17, 15) is 4.79 Å². The second kappa shape index (κ2) is 8.37. The van der Waals surface area contributed by atoms with Crippen LogP contribution in [0, 0.1) is 6.92 Å². The quantitative estimate of drug-likeness (QED) is 0.664. The van der Waals surface area contributed by atoms with Gasteiger partial charge in [0.2, 0.25) is 0 Å². The third-order valence-electron chi connectivity index (χ3n) is 5.41. The summed E-state index contributed by atoms with van der Waals surface area (Å²) in [6, 6.07) is 5.40. The van der Waals surface area contributed by atoms with Crippen molar-refractivity contribution in [3.05, 3.63) is 48.1 Å². The van der Waals surface area contributed by atoms with Crippen molar-refractivity contribution in [2.24, 2.45) is 0 Å². The number of hydrogen-bond donors (Lipinski definition) is 1. The molecule has 0 spiro atoms. The van der Waals surface area contributed by atoms with E-state index in [-0.39, 0.29) is 11.4 Å². The molecule has 4 rings (SSSR count). The van der Waals surface area contributed by atoms with Crippen molar-refractivity contribution in [2.75, 3.05) is 32.8 Å². The van der Waals surface area contributed by atoms with Gasteiger partial charge in [-0.05, 0) is 39.0 Å². The largest absolute Gasteiger partial charge is 0.463 e. The van der Waals surface area contributed by atoms with Gasteiger partial charge in [0.15, 0.2) is 5.76 Å². The van der Waals surface area contributed by atoms with E-state index in [4.69, 9.17) is 9.15 Å². The van der Waals surface area contributed by atoms with Crippen molar-refractivity contribution < 1.29 is 13.9 Å². The van der Waals surface area contributed by atoms with Crippen molar-refractivity contribution in [2.45, 2.75) is 26.3 Å². The lowest BCUT2D eigenvalue weighted by molar-refractivity contribution is -0.00923. The highest BCUT2D eigenvalue weighted by atomic mass is 16.5. The van der Waals surface area contributed by atoms with Gasteiger partial charge in [0.05, 0.1) is 36.9 Å². The van der Waals surface area contributed by atoms with Crippen molar-refractivity contribution in [1.82, 2.24) is 30.0 Å². The molecule has 9 nitrogen and oxygen atoms in total. The summed E-state index contributed by atoms with van der Waals surface area (Å²) in [5, 5.41) is 7.38. The maximum atomic E-state index is 12.8. The molecule has 1 aliphatic rings. The lowest BCUT2D eigenvalue weighted by atomic mass is 10.0. The second-order valence-electron chi connectivity index (χ2n) is 7.87. The van der Waals surface area contributed by atoms with E-state index in [1.165, 1.54) is 0 Å². The molecule has 0 aromatic carbocycles. The van der Waals surface area contributed by atoms with E-state index in [1.54, 1.807) is 35.5 Å². The first-order valence-electron chi connectivity index (χ1n) is 9.98. The maximum Gasteiger partial charge on any atom is 0.254 e. The van der Waals surface area contributed by atoms with Crippen LogP contribution in [0.5, 0.6) is 0 Å². The van der Waals surface area contributed by atoms with E-state index in [0.29, 0.717) is 35.2 Å². The molecule has 1 amide bonds. The number of carbonyl (C=O) groups excluding carboxylic acids is 1. The van der Waals surface area contributed by atoms with Gasteiger partial charge < -0.3 is 14.5 Å². The number of aromatic nitrogens is 4. The predicted octanol–water partition coefficient (Wildman–Crippen LogP) is 2.07. The topological polar surface area (TPSA) is 98.3 Å². The lowest BCUT2D eigenvalue weighted by Crippen LogP contribution is -2.55. The van der Waals surface area contributed by atoms with Crippen molar-refractivity contribution >= 4 is 5.91 Å². The zero-order valence-electron chi connectivity index (χ0n) is 17.5. The van der Waals surface area contributed by atoms with Crippen LogP contribution in [0.2, 0.25) is 0 Å². The molecular weight excluding hydrogens is 384 g/mol. The van der Waals surface area contributed by atoms with Crippen LogP contribution in [0.15, 0.2) is 41.3 Å². The Bertz CT molecular complexity index is 1010. The summed E-state index contributed by atoms with van der Waals surface area (Å²) in [6.45, 7) is 9.79. The molecule has 9 heteroatoms. The lowest BCUT2D eigenvalue weighted by Gasteiger charge is -2.40. The Morgan fingerprint density at radius 2 is 2.07 bits per heavy atom. The maximum absolute atomic E-state index is 12.8. The van der Waals surface area contributed by atoms with Gasteiger partial charge in [0.25, 0.3) is 11.9 Å². The number of amides is 1. The van der Waals surface area contributed by atoms with Crippen LogP contribution in [0.3, 0.4) is 0 Å². The number of furan rings is 1. The molecule has 30 heavy (non-hydrogen) atoms. The molecule has 4 heterocycles. The molecular formula is C21H26N6O3. The van der Waals surface area contributed by atoms with Crippen LogP contribution in [-0.2, 0) is 4.74 Å². The SMILES string of the molecule is Cc1c(C(=O)NCC(C)(C)N2CCOCC2)cnn1-c1nccc(-c2ccco2)n1. The Labute approximate surface area is 175 Å². The highest BCUT2D eigenvalue weighted by molar-refractivity contribution is 5.95. The summed E-state index contributed by atoms with van der Waals surface area (Å²) in [5.41, 5.74) is 1.66. The molecule has 1 saturated heterocycles. The molecule has 3 aromatic heterocycles. The Kier molecular flexibility index (Phi) is 5.65. The molecule has 1 fully saturated rings. The van der Waals surface area contributed by atoms with E-state index >= 15 is 0 Å². The molecule has 158 valence electrons. The molecule has 0 aliphatic carbocycles. The molecule has 0 saturated carbocycles. The first-order chi connectivity index (χ1) is 14.5. The van der Waals surface area contributed by atoms with Crippen LogP contribution in [-0.4, -0.2) is 68.9 Å². The van der Waals surface area contributed by atoms with Crippen LogP contribution < -0.4 is 5.32 Å². The Balaban J connectivity index is 1.48. The number of carbonyl (C=O) groups is 1. The highest BCUT2D eigenvalue weighted by Gasteiger charge is 2.29. The van der Waals surface area contributed by atoms with Gasteiger partial charge in [-0.25, -0.2) is 14.6 Å². The number of nitrogens with zero attached hydrogens (tertiary/aromatic N) is 5.